The molecule has 18 heavy (non-hydrogen) atoms. The number of hydrogen-bond donors (Lipinski definition) is 1. The summed E-state index contributed by atoms with van der Waals surface area (Å²) >= 11 is 9.62. The first-order valence-electron chi connectivity index (χ1n) is 5.81. The number of aryl methyl sites for hydroxylation is 2. The molecule has 0 bridgehead atoms. The number of hydrogen-bond acceptors (Lipinski definition) is 1. The summed E-state index contributed by atoms with van der Waals surface area (Å²) in [5, 5.41) is 4.19. The summed E-state index contributed by atoms with van der Waals surface area (Å²) in [7, 11) is 0. The molecule has 3 heteroatoms. The lowest BCUT2D eigenvalue weighted by Crippen LogP contribution is -2.00. The number of benzene rings is 2. The van der Waals surface area contributed by atoms with Gasteiger partial charge in [-0.2, -0.15) is 0 Å². The molecular formula is C15H15BrClN. The Morgan fingerprint density at radius 2 is 1.72 bits per heavy atom. The van der Waals surface area contributed by atoms with E-state index in [0.717, 1.165) is 27.3 Å². The Morgan fingerprint density at radius 3 is 2.39 bits per heavy atom. The summed E-state index contributed by atoms with van der Waals surface area (Å²) in [4.78, 5) is 0. The van der Waals surface area contributed by atoms with Gasteiger partial charge in [-0.3, -0.25) is 0 Å². The second-order valence-corrected chi connectivity index (χ2v) is 5.79. The van der Waals surface area contributed by atoms with Crippen LogP contribution >= 0.6 is 27.5 Å². The van der Waals surface area contributed by atoms with Gasteiger partial charge in [-0.05, 0) is 60.9 Å². The van der Waals surface area contributed by atoms with Crippen LogP contribution in [0.4, 0.5) is 5.69 Å². The van der Waals surface area contributed by atoms with Gasteiger partial charge in [0.15, 0.2) is 0 Å². The van der Waals surface area contributed by atoms with Crippen molar-refractivity contribution in [3.05, 3.63) is 62.6 Å². The van der Waals surface area contributed by atoms with Crippen LogP contribution in [0.15, 0.2) is 40.9 Å². The van der Waals surface area contributed by atoms with E-state index in [0.29, 0.717) is 0 Å². The lowest BCUT2D eigenvalue weighted by Gasteiger charge is -2.10. The first kappa shape index (κ1) is 13.4. The fourth-order valence-corrected chi connectivity index (χ4v) is 2.55. The first-order chi connectivity index (χ1) is 8.54. The SMILES string of the molecule is Cc1cc(C)cc(NCc2cc(Br)ccc2Cl)c1. The summed E-state index contributed by atoms with van der Waals surface area (Å²) in [6.45, 7) is 4.93. The zero-order valence-electron chi connectivity index (χ0n) is 10.4. The molecule has 0 atom stereocenters. The Labute approximate surface area is 121 Å². The third-order valence-electron chi connectivity index (χ3n) is 2.71. The van der Waals surface area contributed by atoms with E-state index in [4.69, 9.17) is 11.6 Å². The van der Waals surface area contributed by atoms with Gasteiger partial charge in [-0.25, -0.2) is 0 Å². The molecule has 2 rings (SSSR count). The van der Waals surface area contributed by atoms with Crippen molar-refractivity contribution >= 4 is 33.2 Å². The van der Waals surface area contributed by atoms with Crippen LogP contribution in [0.5, 0.6) is 0 Å². The third kappa shape index (κ3) is 3.50. The highest BCUT2D eigenvalue weighted by Crippen LogP contribution is 2.22. The van der Waals surface area contributed by atoms with E-state index in [2.05, 4.69) is 53.3 Å². The highest BCUT2D eigenvalue weighted by atomic mass is 79.9. The van der Waals surface area contributed by atoms with Gasteiger partial charge >= 0.3 is 0 Å². The smallest absolute Gasteiger partial charge is 0.0456 e. The zero-order chi connectivity index (χ0) is 13.1. The van der Waals surface area contributed by atoms with Crippen LogP contribution in [-0.2, 0) is 6.54 Å². The molecular weight excluding hydrogens is 310 g/mol. The van der Waals surface area contributed by atoms with Crippen molar-refractivity contribution in [3.8, 4) is 0 Å². The summed E-state index contributed by atoms with van der Waals surface area (Å²) in [6, 6.07) is 12.3. The second-order valence-electron chi connectivity index (χ2n) is 4.47. The summed E-state index contributed by atoms with van der Waals surface area (Å²) in [6.07, 6.45) is 0. The average Bonchev–Trinajstić information content (AvgIpc) is 2.29. The summed E-state index contributed by atoms with van der Waals surface area (Å²) in [5.74, 6) is 0. The van der Waals surface area contributed by atoms with Crippen LogP contribution < -0.4 is 5.32 Å². The minimum absolute atomic E-state index is 0.723. The molecule has 0 radical (unpaired) electrons. The molecule has 1 nitrogen and oxygen atoms in total. The van der Waals surface area contributed by atoms with Crippen molar-refractivity contribution in [3.63, 3.8) is 0 Å². The number of rotatable bonds is 3. The maximum atomic E-state index is 6.16. The van der Waals surface area contributed by atoms with E-state index in [9.17, 15) is 0 Å². The van der Waals surface area contributed by atoms with Crippen molar-refractivity contribution in [2.45, 2.75) is 20.4 Å². The highest BCUT2D eigenvalue weighted by Gasteiger charge is 2.02. The van der Waals surface area contributed by atoms with E-state index < -0.39 is 0 Å². The van der Waals surface area contributed by atoms with E-state index in [1.807, 2.05) is 18.2 Å². The Hall–Kier alpha value is -0.990. The normalized spacial score (nSPS) is 10.4. The fraction of sp³-hybridized carbons (Fsp3) is 0.200. The predicted molar refractivity (Wildman–Crippen MR) is 82.4 cm³/mol. The van der Waals surface area contributed by atoms with Crippen LogP contribution in [0.25, 0.3) is 0 Å². The van der Waals surface area contributed by atoms with Crippen molar-refractivity contribution < 1.29 is 0 Å². The summed E-state index contributed by atoms with van der Waals surface area (Å²) < 4.78 is 1.05. The number of halogens is 2. The number of anilines is 1. The van der Waals surface area contributed by atoms with E-state index in [-0.39, 0.29) is 0 Å². The van der Waals surface area contributed by atoms with Gasteiger partial charge in [0.2, 0.25) is 0 Å². The van der Waals surface area contributed by atoms with E-state index in [1.54, 1.807) is 0 Å². The first-order valence-corrected chi connectivity index (χ1v) is 6.98. The van der Waals surface area contributed by atoms with Gasteiger partial charge in [0, 0.05) is 21.7 Å². The molecule has 2 aromatic carbocycles. The molecule has 0 amide bonds. The standard InChI is InChI=1S/C15H15BrClN/c1-10-5-11(2)7-14(6-10)18-9-12-8-13(16)3-4-15(12)17/h3-8,18H,9H2,1-2H3. The predicted octanol–water partition coefficient (Wildman–Crippen LogP) is 5.33. The van der Waals surface area contributed by atoms with Crippen LogP contribution in [0, 0.1) is 13.8 Å². The molecule has 94 valence electrons. The van der Waals surface area contributed by atoms with Crippen molar-refractivity contribution in [2.24, 2.45) is 0 Å². The van der Waals surface area contributed by atoms with Gasteiger partial charge in [0.1, 0.15) is 0 Å². The Bertz CT molecular complexity index is 546. The molecule has 0 aliphatic rings. The largest absolute Gasteiger partial charge is 0.381 e. The van der Waals surface area contributed by atoms with Gasteiger partial charge in [-0.1, -0.05) is 33.6 Å². The molecule has 0 saturated heterocycles. The van der Waals surface area contributed by atoms with E-state index in [1.165, 1.54) is 11.1 Å². The third-order valence-corrected chi connectivity index (χ3v) is 3.57. The van der Waals surface area contributed by atoms with Crippen molar-refractivity contribution in [1.29, 1.82) is 0 Å². The monoisotopic (exact) mass is 323 g/mol. The Morgan fingerprint density at radius 1 is 1.06 bits per heavy atom. The maximum Gasteiger partial charge on any atom is 0.0456 e. The molecule has 0 aliphatic heterocycles. The number of nitrogens with one attached hydrogen (secondary N) is 1. The Balaban J connectivity index is 2.13. The molecule has 0 fully saturated rings. The van der Waals surface area contributed by atoms with Gasteiger partial charge in [0.05, 0.1) is 0 Å². The quantitative estimate of drug-likeness (QED) is 0.804. The minimum atomic E-state index is 0.723. The van der Waals surface area contributed by atoms with Crippen molar-refractivity contribution in [1.82, 2.24) is 0 Å². The van der Waals surface area contributed by atoms with Crippen LogP contribution in [0.2, 0.25) is 5.02 Å². The van der Waals surface area contributed by atoms with E-state index >= 15 is 0 Å². The average molecular weight is 325 g/mol. The van der Waals surface area contributed by atoms with Gasteiger partial charge < -0.3 is 5.32 Å². The summed E-state index contributed by atoms with van der Waals surface area (Å²) in [5.41, 5.74) is 4.74. The molecule has 0 heterocycles. The van der Waals surface area contributed by atoms with Gasteiger partial charge in [-0.15, -0.1) is 0 Å². The zero-order valence-corrected chi connectivity index (χ0v) is 12.8. The molecule has 1 N–H and O–H groups in total. The molecule has 0 aromatic heterocycles. The highest BCUT2D eigenvalue weighted by molar-refractivity contribution is 9.10. The fourth-order valence-electron chi connectivity index (χ4n) is 1.95. The van der Waals surface area contributed by atoms with Crippen LogP contribution in [-0.4, -0.2) is 0 Å². The molecule has 0 unspecified atom stereocenters. The molecule has 2 aromatic rings. The molecule has 0 saturated carbocycles. The second kappa shape index (κ2) is 5.77. The minimum Gasteiger partial charge on any atom is -0.381 e. The molecule has 0 spiro atoms. The lowest BCUT2D eigenvalue weighted by molar-refractivity contribution is 1.14. The van der Waals surface area contributed by atoms with Crippen LogP contribution in [0.1, 0.15) is 16.7 Å². The molecule has 0 aliphatic carbocycles. The Kier molecular flexibility index (Phi) is 4.31. The maximum absolute atomic E-state index is 6.16. The van der Waals surface area contributed by atoms with Crippen molar-refractivity contribution in [2.75, 3.05) is 5.32 Å². The van der Waals surface area contributed by atoms with Gasteiger partial charge in [0.25, 0.3) is 0 Å². The van der Waals surface area contributed by atoms with Crippen LogP contribution in [0.3, 0.4) is 0 Å². The lowest BCUT2D eigenvalue weighted by atomic mass is 10.1. The topological polar surface area (TPSA) is 12.0 Å².